The summed E-state index contributed by atoms with van der Waals surface area (Å²) in [7, 11) is -3.73. The average molecular weight is 519 g/mol. The third-order valence-electron chi connectivity index (χ3n) is 6.67. The number of rotatable bonds is 10. The normalized spacial score (nSPS) is 17.7. The Bertz CT molecular complexity index is 1470. The molecule has 1 saturated carbocycles. The van der Waals surface area contributed by atoms with Crippen molar-refractivity contribution in [2.75, 3.05) is 6.61 Å². The number of aromatic nitrogens is 3. The lowest BCUT2D eigenvalue weighted by Crippen LogP contribution is -2.33. The van der Waals surface area contributed by atoms with E-state index in [-0.39, 0.29) is 16.5 Å². The molecule has 0 spiro atoms. The first-order valence-electron chi connectivity index (χ1n) is 12.4. The fourth-order valence-electron chi connectivity index (χ4n) is 4.72. The van der Waals surface area contributed by atoms with Gasteiger partial charge in [0.2, 0.25) is 10.0 Å². The van der Waals surface area contributed by atoms with Crippen LogP contribution in [0.2, 0.25) is 0 Å². The molecule has 1 aliphatic rings. The van der Waals surface area contributed by atoms with Crippen LogP contribution in [-0.2, 0) is 27.8 Å². The van der Waals surface area contributed by atoms with Gasteiger partial charge in [0.05, 0.1) is 6.61 Å². The van der Waals surface area contributed by atoms with Crippen molar-refractivity contribution in [2.45, 2.75) is 43.2 Å². The van der Waals surface area contributed by atoms with E-state index in [0.717, 1.165) is 30.4 Å². The molecule has 5 rings (SSSR count). The molecule has 9 heteroatoms. The average Bonchev–Trinajstić information content (AvgIpc) is 3.51. The predicted octanol–water partition coefficient (Wildman–Crippen LogP) is 3.82. The molecule has 0 radical (unpaired) electrons. The minimum absolute atomic E-state index is 0.0733. The molecule has 2 aromatic carbocycles. The van der Waals surface area contributed by atoms with E-state index in [2.05, 4.69) is 14.8 Å². The highest BCUT2D eigenvalue weighted by atomic mass is 32.2. The lowest BCUT2D eigenvalue weighted by Gasteiger charge is -2.14. The van der Waals surface area contributed by atoms with Crippen LogP contribution in [0.5, 0.6) is 0 Å². The van der Waals surface area contributed by atoms with E-state index in [1.165, 1.54) is 23.0 Å². The van der Waals surface area contributed by atoms with E-state index in [0.29, 0.717) is 36.9 Å². The molecule has 0 unspecified atom stereocenters. The second-order valence-corrected chi connectivity index (χ2v) is 11.2. The minimum atomic E-state index is -3.73. The summed E-state index contributed by atoms with van der Waals surface area (Å²) in [5, 5.41) is 2.92. The Balaban J connectivity index is 1.17. The molecule has 1 aliphatic carbocycles. The Kier molecular flexibility index (Phi) is 7.64. The molecule has 2 atom stereocenters. The first-order valence-corrected chi connectivity index (χ1v) is 13.9. The Morgan fingerprint density at radius 3 is 2.41 bits per heavy atom. The first-order chi connectivity index (χ1) is 18.0. The third-order valence-corrected chi connectivity index (χ3v) is 8.18. The molecule has 0 saturated heterocycles. The fraction of sp³-hybridized carbons (Fsp3) is 0.286. The molecule has 1 fully saturated rings. The molecule has 0 amide bonds. The highest BCUT2D eigenvalue weighted by Gasteiger charge is 2.29. The maximum absolute atomic E-state index is 13.0. The van der Waals surface area contributed by atoms with Crippen LogP contribution in [0.3, 0.4) is 0 Å². The second kappa shape index (κ2) is 11.2. The number of nitrogens with zero attached hydrogens (tertiary/aromatic N) is 2. The summed E-state index contributed by atoms with van der Waals surface area (Å²) in [6.45, 7) is 1.17. The maximum atomic E-state index is 13.0. The Hall–Kier alpha value is -3.53. The van der Waals surface area contributed by atoms with E-state index in [1.807, 2.05) is 60.7 Å². The fourth-order valence-corrected chi connectivity index (χ4v) is 5.95. The summed E-state index contributed by atoms with van der Waals surface area (Å²) in [4.78, 5) is 17.1. The number of ether oxygens (including phenoxy) is 1. The van der Waals surface area contributed by atoms with Crippen LogP contribution in [0, 0.1) is 5.92 Å². The Morgan fingerprint density at radius 1 is 0.973 bits per heavy atom. The van der Waals surface area contributed by atoms with E-state index < -0.39 is 10.0 Å². The smallest absolute Gasteiger partial charge is 0.276 e. The Labute approximate surface area is 216 Å². The van der Waals surface area contributed by atoms with Gasteiger partial charge in [-0.05, 0) is 48.4 Å². The SMILES string of the molecule is O=c1c(Cc2ccccc2)c[nH]n1-c1ccc(S(=O)(=O)N[C@@H]2CC[C@H](COCc3ccccc3)C2)cn1. The minimum Gasteiger partial charge on any atom is -0.376 e. The monoisotopic (exact) mass is 518 g/mol. The standard InChI is InChI=1S/C28H30N4O4S/c33-28-24(15-21-7-3-1-4-8-21)17-30-32(28)27-14-13-26(18-29-27)37(34,35)31-25-12-11-23(16-25)20-36-19-22-9-5-2-6-10-22/h1-10,13-14,17-18,23,25,30-31H,11-12,15-16,19-20H2/t23-,25+/m0/s1. The molecule has 8 nitrogen and oxygen atoms in total. The summed E-state index contributed by atoms with van der Waals surface area (Å²) in [6.07, 6.45) is 5.87. The number of sulfonamides is 1. The number of hydrogen-bond acceptors (Lipinski definition) is 5. The largest absolute Gasteiger partial charge is 0.376 e. The number of pyridine rings is 1. The number of benzene rings is 2. The van der Waals surface area contributed by atoms with E-state index in [4.69, 9.17) is 4.74 Å². The molecule has 37 heavy (non-hydrogen) atoms. The lowest BCUT2D eigenvalue weighted by molar-refractivity contribution is 0.0883. The van der Waals surface area contributed by atoms with Gasteiger partial charge in [0.25, 0.3) is 5.56 Å². The van der Waals surface area contributed by atoms with Crippen molar-refractivity contribution in [1.29, 1.82) is 0 Å². The van der Waals surface area contributed by atoms with Gasteiger partial charge < -0.3 is 4.74 Å². The Morgan fingerprint density at radius 2 is 1.70 bits per heavy atom. The highest BCUT2D eigenvalue weighted by Crippen LogP contribution is 2.27. The van der Waals surface area contributed by atoms with Crippen LogP contribution >= 0.6 is 0 Å². The van der Waals surface area contributed by atoms with Crippen molar-refractivity contribution in [3.05, 3.63) is 112 Å². The summed E-state index contributed by atoms with van der Waals surface area (Å²) in [5.41, 5.74) is 2.55. The zero-order valence-corrected chi connectivity index (χ0v) is 21.2. The summed E-state index contributed by atoms with van der Waals surface area (Å²) in [5.74, 6) is 0.654. The number of H-pyrrole nitrogens is 1. The van der Waals surface area contributed by atoms with Crippen molar-refractivity contribution in [3.63, 3.8) is 0 Å². The summed E-state index contributed by atoms with van der Waals surface area (Å²) >= 11 is 0. The molecule has 192 valence electrons. The predicted molar refractivity (Wildman–Crippen MR) is 141 cm³/mol. The van der Waals surface area contributed by atoms with Crippen LogP contribution in [0.1, 0.15) is 36.0 Å². The van der Waals surface area contributed by atoms with Gasteiger partial charge in [-0.2, -0.15) is 0 Å². The zero-order valence-electron chi connectivity index (χ0n) is 20.4. The molecule has 4 aromatic rings. The van der Waals surface area contributed by atoms with Gasteiger partial charge in [-0.15, -0.1) is 0 Å². The van der Waals surface area contributed by atoms with Gasteiger partial charge in [0.15, 0.2) is 5.82 Å². The van der Waals surface area contributed by atoms with Crippen molar-refractivity contribution < 1.29 is 13.2 Å². The second-order valence-electron chi connectivity index (χ2n) is 9.45. The third kappa shape index (κ3) is 6.25. The molecule has 2 heterocycles. The first kappa shape index (κ1) is 25.1. The molecular formula is C28H30N4O4S. The van der Waals surface area contributed by atoms with Gasteiger partial charge >= 0.3 is 0 Å². The quantitative estimate of drug-likeness (QED) is 0.332. The van der Waals surface area contributed by atoms with Gasteiger partial charge in [-0.25, -0.2) is 22.8 Å². The van der Waals surface area contributed by atoms with Crippen molar-refractivity contribution in [2.24, 2.45) is 5.92 Å². The zero-order chi connectivity index (χ0) is 25.7. The molecule has 2 N–H and O–H groups in total. The summed E-state index contributed by atoms with van der Waals surface area (Å²) in [6, 6.07) is 22.6. The number of aromatic amines is 1. The summed E-state index contributed by atoms with van der Waals surface area (Å²) < 4.78 is 35.9. The van der Waals surface area contributed by atoms with E-state index >= 15 is 0 Å². The van der Waals surface area contributed by atoms with Crippen LogP contribution in [0.15, 0.2) is 94.9 Å². The van der Waals surface area contributed by atoms with Crippen LogP contribution in [0.25, 0.3) is 5.82 Å². The number of nitrogens with one attached hydrogen (secondary N) is 2. The van der Waals surface area contributed by atoms with Crippen molar-refractivity contribution >= 4 is 10.0 Å². The van der Waals surface area contributed by atoms with Gasteiger partial charge in [0.1, 0.15) is 4.90 Å². The topological polar surface area (TPSA) is 106 Å². The highest BCUT2D eigenvalue weighted by molar-refractivity contribution is 7.89. The van der Waals surface area contributed by atoms with Crippen LogP contribution < -0.4 is 10.3 Å². The maximum Gasteiger partial charge on any atom is 0.276 e. The van der Waals surface area contributed by atoms with Crippen LogP contribution in [0.4, 0.5) is 0 Å². The van der Waals surface area contributed by atoms with Gasteiger partial charge in [-0.3, -0.25) is 9.89 Å². The molecule has 2 aromatic heterocycles. The van der Waals surface area contributed by atoms with Crippen LogP contribution in [-0.4, -0.2) is 35.8 Å². The lowest BCUT2D eigenvalue weighted by atomic mass is 10.1. The van der Waals surface area contributed by atoms with Crippen molar-refractivity contribution in [1.82, 2.24) is 19.5 Å². The number of hydrogen-bond donors (Lipinski definition) is 2. The van der Waals surface area contributed by atoms with Gasteiger partial charge in [0, 0.05) is 37.0 Å². The molecular weight excluding hydrogens is 488 g/mol. The van der Waals surface area contributed by atoms with Crippen molar-refractivity contribution in [3.8, 4) is 5.82 Å². The van der Waals surface area contributed by atoms with E-state index in [1.54, 1.807) is 6.20 Å². The molecule has 0 aliphatic heterocycles. The van der Waals surface area contributed by atoms with Gasteiger partial charge in [-0.1, -0.05) is 60.7 Å². The molecule has 0 bridgehead atoms. The van der Waals surface area contributed by atoms with E-state index in [9.17, 15) is 13.2 Å².